The molecule has 0 atom stereocenters. The van der Waals surface area contributed by atoms with E-state index in [-0.39, 0.29) is 0 Å². The summed E-state index contributed by atoms with van der Waals surface area (Å²) in [7, 11) is 0. The molecule has 0 spiro atoms. The van der Waals surface area contributed by atoms with Crippen molar-refractivity contribution in [3.8, 4) is 0 Å². The number of rotatable bonds is 0. The Morgan fingerprint density at radius 2 is 1.75 bits per heavy atom. The Kier molecular flexibility index (Phi) is 1.83. The van der Waals surface area contributed by atoms with Crippen LogP contribution in [0.5, 0.6) is 0 Å². The van der Waals surface area contributed by atoms with Crippen molar-refractivity contribution in [2.24, 2.45) is 0 Å². The molecule has 0 radical (unpaired) electrons. The normalized spacial score (nSPS) is 11.1. The highest BCUT2D eigenvalue weighted by Gasteiger charge is 2.07. The van der Waals surface area contributed by atoms with Crippen LogP contribution < -0.4 is 0 Å². The molecule has 0 unspecified atom stereocenters. The monoisotopic (exact) mass is 216 g/mol. The van der Waals surface area contributed by atoms with Gasteiger partial charge in [-0.3, -0.25) is 9.97 Å². The average molecular weight is 216 g/mol. The largest absolute Gasteiger partial charge is 0.264 e. The van der Waals surface area contributed by atoms with Gasteiger partial charge in [-0.1, -0.05) is 0 Å². The van der Waals surface area contributed by atoms with E-state index in [1.165, 1.54) is 6.07 Å². The minimum absolute atomic E-state index is 0.442. The summed E-state index contributed by atoms with van der Waals surface area (Å²) < 4.78 is 26.2. The summed E-state index contributed by atoms with van der Waals surface area (Å²) in [5.74, 6) is -1.74. The van der Waals surface area contributed by atoms with Crippen LogP contribution in [0.4, 0.5) is 8.78 Å². The quantitative estimate of drug-likeness (QED) is 0.540. The molecule has 3 rings (SSSR count). The number of hydrogen-bond donors (Lipinski definition) is 0. The second kappa shape index (κ2) is 3.20. The summed E-state index contributed by atoms with van der Waals surface area (Å²) >= 11 is 0. The Morgan fingerprint density at radius 1 is 0.938 bits per heavy atom. The maximum Gasteiger partial charge on any atom is 0.161 e. The lowest BCUT2D eigenvalue weighted by atomic mass is 10.1. The van der Waals surface area contributed by atoms with Gasteiger partial charge < -0.3 is 0 Å². The third-order valence-electron chi connectivity index (χ3n) is 2.52. The van der Waals surface area contributed by atoms with Crippen LogP contribution in [0.25, 0.3) is 21.7 Å². The molecule has 0 saturated carbocycles. The maximum absolute atomic E-state index is 13.2. The highest BCUT2D eigenvalue weighted by atomic mass is 19.2. The zero-order chi connectivity index (χ0) is 11.1. The Hall–Kier alpha value is -2.10. The molecule has 3 aromatic rings. The summed E-state index contributed by atoms with van der Waals surface area (Å²) in [5.41, 5.74) is 0.442. The standard InChI is InChI=1S/C12H6F2N2/c13-10-3-9-8-1-2-15-5-7(8)6-16-12(9)4-11(10)14/h1-6H. The third-order valence-corrected chi connectivity index (χ3v) is 2.52. The van der Waals surface area contributed by atoms with Gasteiger partial charge in [-0.2, -0.15) is 0 Å². The van der Waals surface area contributed by atoms with E-state index in [0.29, 0.717) is 10.9 Å². The lowest BCUT2D eigenvalue weighted by molar-refractivity contribution is 0.511. The summed E-state index contributed by atoms with van der Waals surface area (Å²) in [6.07, 6.45) is 4.86. The Bertz CT molecular complexity index is 695. The zero-order valence-corrected chi connectivity index (χ0v) is 8.11. The van der Waals surface area contributed by atoms with E-state index in [0.717, 1.165) is 16.8 Å². The molecule has 0 fully saturated rings. The summed E-state index contributed by atoms with van der Waals surface area (Å²) in [6, 6.07) is 4.03. The fraction of sp³-hybridized carbons (Fsp3) is 0. The number of hydrogen-bond acceptors (Lipinski definition) is 2. The molecule has 0 aliphatic heterocycles. The van der Waals surface area contributed by atoms with Crippen molar-refractivity contribution in [3.63, 3.8) is 0 Å². The van der Waals surface area contributed by atoms with Crippen molar-refractivity contribution >= 4 is 21.7 Å². The van der Waals surface area contributed by atoms with Crippen LogP contribution in [-0.4, -0.2) is 9.97 Å². The van der Waals surface area contributed by atoms with E-state index in [4.69, 9.17) is 0 Å². The van der Waals surface area contributed by atoms with Crippen LogP contribution in [-0.2, 0) is 0 Å². The Morgan fingerprint density at radius 3 is 2.62 bits per heavy atom. The van der Waals surface area contributed by atoms with E-state index in [9.17, 15) is 8.78 Å². The number of benzene rings is 1. The minimum atomic E-state index is -0.881. The van der Waals surface area contributed by atoms with Crippen LogP contribution in [0.2, 0.25) is 0 Å². The first-order valence-electron chi connectivity index (χ1n) is 4.73. The molecule has 1 aromatic carbocycles. The number of aromatic nitrogens is 2. The second-order valence-corrected chi connectivity index (χ2v) is 3.50. The van der Waals surface area contributed by atoms with E-state index in [1.54, 1.807) is 24.7 Å². The lowest BCUT2D eigenvalue weighted by Crippen LogP contribution is -1.88. The number of halogens is 2. The molecule has 2 heterocycles. The van der Waals surface area contributed by atoms with Crippen molar-refractivity contribution in [1.29, 1.82) is 0 Å². The van der Waals surface area contributed by atoms with E-state index >= 15 is 0 Å². The highest BCUT2D eigenvalue weighted by Crippen LogP contribution is 2.24. The van der Waals surface area contributed by atoms with Gasteiger partial charge in [-0.15, -0.1) is 0 Å². The smallest absolute Gasteiger partial charge is 0.161 e. The molecule has 2 nitrogen and oxygen atoms in total. The maximum atomic E-state index is 13.2. The van der Waals surface area contributed by atoms with Crippen LogP contribution in [0.1, 0.15) is 0 Å². The fourth-order valence-electron chi connectivity index (χ4n) is 1.75. The fourth-order valence-corrected chi connectivity index (χ4v) is 1.75. The molecule has 0 aliphatic rings. The molecule has 0 amide bonds. The number of nitrogens with zero attached hydrogens (tertiary/aromatic N) is 2. The van der Waals surface area contributed by atoms with Gasteiger partial charge in [-0.05, 0) is 17.5 Å². The van der Waals surface area contributed by atoms with Crippen LogP contribution in [0.15, 0.2) is 36.8 Å². The Balaban J connectivity index is 2.55. The van der Waals surface area contributed by atoms with Gasteiger partial charge in [0.15, 0.2) is 11.6 Å². The van der Waals surface area contributed by atoms with Gasteiger partial charge in [0, 0.05) is 35.4 Å². The molecule has 2 aromatic heterocycles. The molecule has 78 valence electrons. The predicted molar refractivity (Wildman–Crippen MR) is 57.0 cm³/mol. The van der Waals surface area contributed by atoms with Crippen LogP contribution in [0.3, 0.4) is 0 Å². The summed E-state index contributed by atoms with van der Waals surface area (Å²) in [4.78, 5) is 8.02. The van der Waals surface area contributed by atoms with E-state index in [1.807, 2.05) is 0 Å². The first kappa shape index (κ1) is 9.15. The van der Waals surface area contributed by atoms with Gasteiger partial charge in [0.1, 0.15) is 0 Å². The van der Waals surface area contributed by atoms with Gasteiger partial charge in [-0.25, -0.2) is 8.78 Å². The Labute approximate surface area is 89.6 Å². The first-order chi connectivity index (χ1) is 7.75. The first-order valence-corrected chi connectivity index (χ1v) is 4.73. The summed E-state index contributed by atoms with van der Waals surface area (Å²) in [6.45, 7) is 0. The van der Waals surface area contributed by atoms with Crippen molar-refractivity contribution in [2.45, 2.75) is 0 Å². The van der Waals surface area contributed by atoms with Gasteiger partial charge in [0.25, 0.3) is 0 Å². The van der Waals surface area contributed by atoms with Crippen LogP contribution in [0, 0.1) is 11.6 Å². The van der Waals surface area contributed by atoms with Gasteiger partial charge in [0.2, 0.25) is 0 Å². The average Bonchev–Trinajstić information content (AvgIpc) is 2.31. The molecule has 0 aliphatic carbocycles. The van der Waals surface area contributed by atoms with Gasteiger partial charge in [0.05, 0.1) is 5.52 Å². The molecule has 0 N–H and O–H groups in total. The topological polar surface area (TPSA) is 25.8 Å². The molecular weight excluding hydrogens is 210 g/mol. The van der Waals surface area contributed by atoms with Crippen molar-refractivity contribution < 1.29 is 8.78 Å². The van der Waals surface area contributed by atoms with Crippen molar-refractivity contribution in [3.05, 3.63) is 48.4 Å². The van der Waals surface area contributed by atoms with E-state index < -0.39 is 11.6 Å². The molecule has 4 heteroatoms. The highest BCUT2D eigenvalue weighted by molar-refractivity contribution is 6.04. The van der Waals surface area contributed by atoms with Gasteiger partial charge >= 0.3 is 0 Å². The van der Waals surface area contributed by atoms with E-state index in [2.05, 4.69) is 9.97 Å². The minimum Gasteiger partial charge on any atom is -0.264 e. The SMILES string of the molecule is Fc1cc2ncc3cnccc3c2cc1F. The number of pyridine rings is 2. The third kappa shape index (κ3) is 1.23. The zero-order valence-electron chi connectivity index (χ0n) is 8.11. The lowest BCUT2D eigenvalue weighted by Gasteiger charge is -2.03. The molecular formula is C12H6F2N2. The molecule has 0 bridgehead atoms. The van der Waals surface area contributed by atoms with Crippen molar-refractivity contribution in [1.82, 2.24) is 9.97 Å². The second-order valence-electron chi connectivity index (χ2n) is 3.50. The predicted octanol–water partition coefficient (Wildman–Crippen LogP) is 3.06. The molecule has 16 heavy (non-hydrogen) atoms. The summed E-state index contributed by atoms with van der Waals surface area (Å²) in [5, 5.41) is 2.22. The van der Waals surface area contributed by atoms with Crippen LogP contribution >= 0.6 is 0 Å². The molecule has 0 saturated heterocycles. The number of fused-ring (bicyclic) bond motifs is 3. The van der Waals surface area contributed by atoms with Crippen molar-refractivity contribution in [2.75, 3.05) is 0 Å².